The molecule has 0 aliphatic carbocycles. The molecule has 2 rings (SSSR count). The minimum Gasteiger partial charge on any atom is -0.493 e. The monoisotopic (exact) mass is 234 g/mol. The Bertz CT molecular complexity index is 500. The van der Waals surface area contributed by atoms with Crippen LogP contribution in [0.4, 0.5) is 0 Å². The van der Waals surface area contributed by atoms with E-state index in [2.05, 4.69) is 0 Å². The molecular formula is C13H14O4. The van der Waals surface area contributed by atoms with Crippen LogP contribution in [0.1, 0.15) is 19.4 Å². The maximum Gasteiger partial charge on any atom is 0.235 e. The van der Waals surface area contributed by atoms with Crippen LogP contribution in [-0.4, -0.2) is 23.8 Å². The standard InChI is InChI=1S/C13H14O4/c1-8(14)10-7-9-5-4-6-11(16-3)12(9)17-13(10,2)15/h4-7,15H,1-3H3/t13-/m0/s1. The Morgan fingerprint density at radius 2 is 2.18 bits per heavy atom. The lowest BCUT2D eigenvalue weighted by Crippen LogP contribution is -2.39. The fourth-order valence-electron chi connectivity index (χ4n) is 1.89. The lowest BCUT2D eigenvalue weighted by Gasteiger charge is -2.31. The lowest BCUT2D eigenvalue weighted by molar-refractivity contribution is -0.125. The van der Waals surface area contributed by atoms with Crippen LogP contribution >= 0.6 is 0 Å². The first-order valence-electron chi connectivity index (χ1n) is 5.27. The van der Waals surface area contributed by atoms with Gasteiger partial charge in [0.25, 0.3) is 0 Å². The predicted molar refractivity (Wildman–Crippen MR) is 62.9 cm³/mol. The normalized spacial score (nSPS) is 22.2. The Morgan fingerprint density at radius 1 is 1.47 bits per heavy atom. The van der Waals surface area contributed by atoms with Gasteiger partial charge in [0.15, 0.2) is 17.3 Å². The van der Waals surface area contributed by atoms with E-state index in [-0.39, 0.29) is 11.4 Å². The fraction of sp³-hybridized carbons (Fsp3) is 0.308. The number of hydrogen-bond donors (Lipinski definition) is 1. The SMILES string of the molecule is COc1cccc2c1O[C@](C)(O)C(C(C)=O)=C2. The zero-order chi connectivity index (χ0) is 12.6. The average molecular weight is 234 g/mol. The number of carbonyl (C=O) groups excluding carboxylic acids is 1. The van der Waals surface area contributed by atoms with Crippen LogP contribution in [0.2, 0.25) is 0 Å². The van der Waals surface area contributed by atoms with Gasteiger partial charge in [-0.1, -0.05) is 12.1 Å². The van der Waals surface area contributed by atoms with Crippen LogP contribution in [0.25, 0.3) is 6.08 Å². The molecule has 1 aromatic carbocycles. The summed E-state index contributed by atoms with van der Waals surface area (Å²) in [6, 6.07) is 5.34. The summed E-state index contributed by atoms with van der Waals surface area (Å²) >= 11 is 0. The zero-order valence-electron chi connectivity index (χ0n) is 9.98. The number of hydrogen-bond acceptors (Lipinski definition) is 4. The fourth-order valence-corrected chi connectivity index (χ4v) is 1.89. The Kier molecular flexibility index (Phi) is 2.67. The van der Waals surface area contributed by atoms with Gasteiger partial charge in [0.05, 0.1) is 12.7 Å². The van der Waals surface area contributed by atoms with Crippen molar-refractivity contribution in [1.82, 2.24) is 0 Å². The van der Waals surface area contributed by atoms with Gasteiger partial charge in [-0.05, 0) is 19.1 Å². The van der Waals surface area contributed by atoms with Crippen molar-refractivity contribution in [3.8, 4) is 11.5 Å². The molecule has 0 saturated carbocycles. The van der Waals surface area contributed by atoms with E-state index < -0.39 is 5.79 Å². The molecule has 4 heteroatoms. The van der Waals surface area contributed by atoms with Crippen LogP contribution in [0.15, 0.2) is 23.8 Å². The van der Waals surface area contributed by atoms with E-state index >= 15 is 0 Å². The summed E-state index contributed by atoms with van der Waals surface area (Å²) in [4.78, 5) is 11.4. The van der Waals surface area contributed by atoms with Crippen LogP contribution in [0, 0.1) is 0 Å². The van der Waals surface area contributed by atoms with Crippen LogP contribution < -0.4 is 9.47 Å². The zero-order valence-corrected chi connectivity index (χ0v) is 9.98. The summed E-state index contributed by atoms with van der Waals surface area (Å²) in [6.45, 7) is 2.84. The van der Waals surface area contributed by atoms with Gasteiger partial charge in [-0.15, -0.1) is 0 Å². The van der Waals surface area contributed by atoms with E-state index in [1.807, 2.05) is 0 Å². The molecule has 4 nitrogen and oxygen atoms in total. The summed E-state index contributed by atoms with van der Waals surface area (Å²) < 4.78 is 10.6. The summed E-state index contributed by atoms with van der Waals surface area (Å²) in [5.41, 5.74) is 0.958. The van der Waals surface area contributed by atoms with Crippen molar-refractivity contribution >= 4 is 11.9 Å². The van der Waals surface area contributed by atoms with E-state index in [4.69, 9.17) is 9.47 Å². The second kappa shape index (κ2) is 3.89. The van der Waals surface area contributed by atoms with Gasteiger partial charge >= 0.3 is 0 Å². The minimum absolute atomic E-state index is 0.219. The lowest BCUT2D eigenvalue weighted by atomic mass is 9.97. The summed E-state index contributed by atoms with van der Waals surface area (Å²) in [5.74, 6) is -0.858. The molecule has 1 aliphatic heterocycles. The van der Waals surface area contributed by atoms with Crippen molar-refractivity contribution in [3.05, 3.63) is 29.3 Å². The summed E-state index contributed by atoms with van der Waals surface area (Å²) in [5, 5.41) is 10.1. The van der Waals surface area contributed by atoms with Gasteiger partial charge in [-0.2, -0.15) is 0 Å². The molecule has 0 aromatic heterocycles. The first-order chi connectivity index (χ1) is 7.95. The number of ether oxygens (including phenoxy) is 2. The molecule has 0 amide bonds. The first kappa shape index (κ1) is 11.7. The van der Waals surface area contributed by atoms with Crippen molar-refractivity contribution in [2.24, 2.45) is 0 Å². The van der Waals surface area contributed by atoms with E-state index in [1.54, 1.807) is 24.3 Å². The number of rotatable bonds is 2. The number of aliphatic hydroxyl groups is 1. The maximum atomic E-state index is 11.4. The van der Waals surface area contributed by atoms with Crippen molar-refractivity contribution < 1.29 is 19.4 Å². The largest absolute Gasteiger partial charge is 0.493 e. The molecule has 1 atom stereocenters. The number of methoxy groups -OCH3 is 1. The third-order valence-corrected chi connectivity index (χ3v) is 2.71. The summed E-state index contributed by atoms with van der Waals surface area (Å²) in [7, 11) is 1.53. The minimum atomic E-state index is -1.62. The second-order valence-corrected chi connectivity index (χ2v) is 4.08. The van der Waals surface area contributed by atoms with Gasteiger partial charge < -0.3 is 14.6 Å². The molecule has 90 valence electrons. The molecule has 1 heterocycles. The van der Waals surface area contributed by atoms with Gasteiger partial charge in [0.2, 0.25) is 5.79 Å². The molecule has 0 unspecified atom stereocenters. The highest BCUT2D eigenvalue weighted by molar-refractivity contribution is 6.00. The summed E-state index contributed by atoms with van der Waals surface area (Å²) in [6.07, 6.45) is 1.63. The van der Waals surface area contributed by atoms with Crippen LogP contribution in [0.3, 0.4) is 0 Å². The molecule has 1 aromatic rings. The molecule has 0 saturated heterocycles. The second-order valence-electron chi connectivity index (χ2n) is 4.08. The molecule has 0 bridgehead atoms. The number of Topliss-reactive ketones (excluding diaryl/α,β-unsaturated/α-hetero) is 1. The number of benzene rings is 1. The predicted octanol–water partition coefficient (Wildman–Crippen LogP) is 1.77. The molecule has 17 heavy (non-hydrogen) atoms. The molecule has 0 fully saturated rings. The number of ketones is 1. The van der Waals surface area contributed by atoms with Crippen LogP contribution in [0.5, 0.6) is 11.5 Å². The van der Waals surface area contributed by atoms with Crippen molar-refractivity contribution in [2.45, 2.75) is 19.6 Å². The third-order valence-electron chi connectivity index (χ3n) is 2.71. The Labute approximate surface area is 99.5 Å². The average Bonchev–Trinajstić information content (AvgIpc) is 2.26. The van der Waals surface area contributed by atoms with Gasteiger partial charge in [0.1, 0.15) is 0 Å². The first-order valence-corrected chi connectivity index (χ1v) is 5.27. The Morgan fingerprint density at radius 3 is 2.76 bits per heavy atom. The van der Waals surface area contributed by atoms with E-state index in [0.29, 0.717) is 11.5 Å². The molecule has 0 spiro atoms. The number of carbonyl (C=O) groups is 1. The van der Waals surface area contributed by atoms with E-state index in [0.717, 1.165) is 5.56 Å². The Balaban J connectivity index is 2.61. The molecule has 1 aliphatic rings. The maximum absolute atomic E-state index is 11.4. The van der Waals surface area contributed by atoms with Gasteiger partial charge in [0, 0.05) is 12.5 Å². The van der Waals surface area contributed by atoms with E-state index in [1.165, 1.54) is 21.0 Å². The van der Waals surface area contributed by atoms with Gasteiger partial charge in [-0.3, -0.25) is 4.79 Å². The van der Waals surface area contributed by atoms with Crippen molar-refractivity contribution in [3.63, 3.8) is 0 Å². The number of para-hydroxylation sites is 1. The van der Waals surface area contributed by atoms with Crippen LogP contribution in [-0.2, 0) is 4.79 Å². The third kappa shape index (κ3) is 1.91. The van der Waals surface area contributed by atoms with E-state index in [9.17, 15) is 9.90 Å². The van der Waals surface area contributed by atoms with Crippen molar-refractivity contribution in [2.75, 3.05) is 7.11 Å². The highest BCUT2D eigenvalue weighted by Crippen LogP contribution is 2.40. The highest BCUT2D eigenvalue weighted by atomic mass is 16.6. The Hall–Kier alpha value is -1.81. The smallest absolute Gasteiger partial charge is 0.235 e. The number of fused-ring (bicyclic) bond motifs is 1. The molecule has 0 radical (unpaired) electrons. The highest BCUT2D eigenvalue weighted by Gasteiger charge is 2.36. The topological polar surface area (TPSA) is 55.8 Å². The quantitative estimate of drug-likeness (QED) is 0.847. The van der Waals surface area contributed by atoms with Crippen molar-refractivity contribution in [1.29, 1.82) is 0 Å². The van der Waals surface area contributed by atoms with Gasteiger partial charge in [-0.25, -0.2) is 0 Å². The molecule has 1 N–H and O–H groups in total. The molecular weight excluding hydrogens is 220 g/mol.